The first-order valence-electron chi connectivity index (χ1n) is 4.40. The summed E-state index contributed by atoms with van der Waals surface area (Å²) in [7, 11) is 0. The van der Waals surface area contributed by atoms with Gasteiger partial charge in [-0.2, -0.15) is 0 Å². The number of hydrogen-bond acceptors (Lipinski definition) is 2. The van der Waals surface area contributed by atoms with Crippen LogP contribution in [0.3, 0.4) is 0 Å². The van der Waals surface area contributed by atoms with E-state index in [2.05, 4.69) is 13.8 Å². The predicted molar refractivity (Wildman–Crippen MR) is 45.3 cm³/mol. The molecule has 66 valence electrons. The van der Waals surface area contributed by atoms with Gasteiger partial charge in [-0.1, -0.05) is 26.7 Å². The van der Waals surface area contributed by atoms with Gasteiger partial charge in [0.25, 0.3) is 0 Å². The molecule has 0 unspecified atom stereocenters. The van der Waals surface area contributed by atoms with Gasteiger partial charge in [0.2, 0.25) is 0 Å². The molecule has 0 heterocycles. The van der Waals surface area contributed by atoms with Crippen LogP contribution in [0.15, 0.2) is 0 Å². The van der Waals surface area contributed by atoms with Crippen molar-refractivity contribution in [3.8, 4) is 0 Å². The van der Waals surface area contributed by atoms with Gasteiger partial charge in [0, 0.05) is 6.42 Å². The Bertz CT molecular complexity index is 106. The summed E-state index contributed by atoms with van der Waals surface area (Å²) in [5.41, 5.74) is 0. The third-order valence-corrected chi connectivity index (χ3v) is 1.92. The first-order valence-corrected chi connectivity index (χ1v) is 4.40. The SMILES string of the molecule is CCOC(=O)CC(CC)CC. The summed E-state index contributed by atoms with van der Waals surface area (Å²) in [6, 6.07) is 0. The van der Waals surface area contributed by atoms with E-state index in [-0.39, 0.29) is 5.97 Å². The van der Waals surface area contributed by atoms with Crippen molar-refractivity contribution in [1.29, 1.82) is 0 Å². The van der Waals surface area contributed by atoms with Crippen LogP contribution in [-0.4, -0.2) is 12.6 Å². The largest absolute Gasteiger partial charge is 0.466 e. The van der Waals surface area contributed by atoms with Crippen LogP contribution in [0.4, 0.5) is 0 Å². The lowest BCUT2D eigenvalue weighted by Crippen LogP contribution is -2.10. The molecular weight excluding hydrogens is 140 g/mol. The lowest BCUT2D eigenvalue weighted by atomic mass is 10.00. The second-order valence-corrected chi connectivity index (χ2v) is 2.69. The van der Waals surface area contributed by atoms with Crippen LogP contribution in [0.2, 0.25) is 0 Å². The van der Waals surface area contributed by atoms with E-state index in [1.54, 1.807) is 0 Å². The zero-order valence-electron chi connectivity index (χ0n) is 7.72. The maximum Gasteiger partial charge on any atom is 0.306 e. The highest BCUT2D eigenvalue weighted by Crippen LogP contribution is 2.12. The smallest absolute Gasteiger partial charge is 0.306 e. The molecule has 0 rings (SSSR count). The summed E-state index contributed by atoms with van der Waals surface area (Å²) in [5, 5.41) is 0. The Hall–Kier alpha value is -0.530. The van der Waals surface area contributed by atoms with Gasteiger partial charge in [-0.25, -0.2) is 0 Å². The molecular formula is C9H18O2. The van der Waals surface area contributed by atoms with Crippen molar-refractivity contribution in [3.05, 3.63) is 0 Å². The second-order valence-electron chi connectivity index (χ2n) is 2.69. The Morgan fingerprint density at radius 1 is 1.27 bits per heavy atom. The van der Waals surface area contributed by atoms with E-state index in [1.807, 2.05) is 6.92 Å². The van der Waals surface area contributed by atoms with Crippen molar-refractivity contribution in [3.63, 3.8) is 0 Å². The number of ether oxygens (including phenoxy) is 1. The predicted octanol–water partition coefficient (Wildman–Crippen LogP) is 2.38. The van der Waals surface area contributed by atoms with Crippen molar-refractivity contribution in [2.75, 3.05) is 6.61 Å². The minimum atomic E-state index is -0.0544. The fourth-order valence-electron chi connectivity index (χ4n) is 1.03. The summed E-state index contributed by atoms with van der Waals surface area (Å²) in [6.45, 7) is 6.55. The minimum Gasteiger partial charge on any atom is -0.466 e. The van der Waals surface area contributed by atoms with E-state index >= 15 is 0 Å². The van der Waals surface area contributed by atoms with Crippen LogP contribution in [-0.2, 0) is 9.53 Å². The molecule has 0 aliphatic rings. The fourth-order valence-corrected chi connectivity index (χ4v) is 1.03. The number of esters is 1. The van der Waals surface area contributed by atoms with Crippen LogP contribution in [0.25, 0.3) is 0 Å². The number of hydrogen-bond donors (Lipinski definition) is 0. The molecule has 0 aromatic heterocycles. The highest BCUT2D eigenvalue weighted by atomic mass is 16.5. The van der Waals surface area contributed by atoms with E-state index in [1.165, 1.54) is 0 Å². The van der Waals surface area contributed by atoms with Crippen molar-refractivity contribution in [2.24, 2.45) is 5.92 Å². The van der Waals surface area contributed by atoms with Gasteiger partial charge >= 0.3 is 5.97 Å². The average Bonchev–Trinajstić information content (AvgIpc) is 2.01. The summed E-state index contributed by atoms with van der Waals surface area (Å²) in [4.78, 5) is 10.9. The lowest BCUT2D eigenvalue weighted by Gasteiger charge is -2.09. The van der Waals surface area contributed by atoms with Gasteiger partial charge in [-0.05, 0) is 12.8 Å². The summed E-state index contributed by atoms with van der Waals surface area (Å²) in [6.07, 6.45) is 2.71. The van der Waals surface area contributed by atoms with Crippen molar-refractivity contribution < 1.29 is 9.53 Å². The van der Waals surface area contributed by atoms with E-state index in [4.69, 9.17) is 4.74 Å². The Morgan fingerprint density at radius 2 is 1.82 bits per heavy atom. The molecule has 11 heavy (non-hydrogen) atoms. The molecule has 0 amide bonds. The highest BCUT2D eigenvalue weighted by Gasteiger charge is 2.09. The van der Waals surface area contributed by atoms with Crippen LogP contribution >= 0.6 is 0 Å². The molecule has 2 heteroatoms. The van der Waals surface area contributed by atoms with E-state index < -0.39 is 0 Å². The van der Waals surface area contributed by atoms with Gasteiger partial charge in [0.15, 0.2) is 0 Å². The number of carbonyl (C=O) groups is 1. The zero-order valence-corrected chi connectivity index (χ0v) is 7.72. The maximum atomic E-state index is 10.9. The van der Waals surface area contributed by atoms with Crippen molar-refractivity contribution in [2.45, 2.75) is 40.0 Å². The lowest BCUT2D eigenvalue weighted by molar-refractivity contribution is -0.144. The molecule has 0 bridgehead atoms. The molecule has 0 aromatic rings. The number of rotatable bonds is 5. The van der Waals surface area contributed by atoms with Gasteiger partial charge in [0.05, 0.1) is 6.61 Å². The molecule has 0 fully saturated rings. The van der Waals surface area contributed by atoms with Gasteiger partial charge < -0.3 is 4.74 Å². The van der Waals surface area contributed by atoms with Crippen molar-refractivity contribution in [1.82, 2.24) is 0 Å². The highest BCUT2D eigenvalue weighted by molar-refractivity contribution is 5.69. The molecule has 0 aliphatic carbocycles. The summed E-state index contributed by atoms with van der Waals surface area (Å²) >= 11 is 0. The van der Waals surface area contributed by atoms with Crippen LogP contribution in [0, 0.1) is 5.92 Å². The molecule has 0 N–H and O–H groups in total. The Kier molecular flexibility index (Phi) is 5.90. The van der Waals surface area contributed by atoms with E-state index in [9.17, 15) is 4.79 Å². The van der Waals surface area contributed by atoms with Gasteiger partial charge in [0.1, 0.15) is 0 Å². The zero-order chi connectivity index (χ0) is 8.69. The minimum absolute atomic E-state index is 0.0544. The van der Waals surface area contributed by atoms with Crippen LogP contribution in [0.5, 0.6) is 0 Å². The van der Waals surface area contributed by atoms with Gasteiger partial charge in [-0.3, -0.25) is 4.79 Å². The number of carbonyl (C=O) groups excluding carboxylic acids is 1. The monoisotopic (exact) mass is 158 g/mol. The van der Waals surface area contributed by atoms with Gasteiger partial charge in [-0.15, -0.1) is 0 Å². The fraction of sp³-hybridized carbons (Fsp3) is 0.889. The molecule has 2 nitrogen and oxygen atoms in total. The Balaban J connectivity index is 3.54. The normalized spacial score (nSPS) is 10.2. The van der Waals surface area contributed by atoms with Crippen LogP contribution in [0.1, 0.15) is 40.0 Å². The third kappa shape index (κ3) is 4.82. The topological polar surface area (TPSA) is 26.3 Å². The quantitative estimate of drug-likeness (QED) is 0.574. The molecule has 0 aliphatic heterocycles. The summed E-state index contributed by atoms with van der Waals surface area (Å²) in [5.74, 6) is 0.454. The molecule has 0 spiro atoms. The Labute approximate surface area is 68.9 Å². The second kappa shape index (κ2) is 6.20. The third-order valence-electron chi connectivity index (χ3n) is 1.92. The molecule has 0 saturated carbocycles. The van der Waals surface area contributed by atoms with Crippen LogP contribution < -0.4 is 0 Å². The first kappa shape index (κ1) is 10.5. The maximum absolute atomic E-state index is 10.9. The average molecular weight is 158 g/mol. The first-order chi connectivity index (χ1) is 5.24. The molecule has 0 aromatic carbocycles. The Morgan fingerprint density at radius 3 is 2.18 bits per heavy atom. The molecule has 0 saturated heterocycles. The molecule has 0 radical (unpaired) electrons. The van der Waals surface area contributed by atoms with Crippen molar-refractivity contribution >= 4 is 5.97 Å². The van der Waals surface area contributed by atoms with E-state index in [0.29, 0.717) is 18.9 Å². The molecule has 0 atom stereocenters. The van der Waals surface area contributed by atoms with E-state index in [0.717, 1.165) is 12.8 Å². The summed E-state index contributed by atoms with van der Waals surface area (Å²) < 4.78 is 4.84. The standard InChI is InChI=1S/C9H18O2/c1-4-8(5-2)7-9(10)11-6-3/h8H,4-7H2,1-3H3.